The van der Waals surface area contributed by atoms with Gasteiger partial charge in [-0.1, -0.05) is 27.5 Å². The number of aryl methyl sites for hydroxylation is 1. The minimum absolute atomic E-state index is 0.139. The van der Waals surface area contributed by atoms with Gasteiger partial charge in [0.15, 0.2) is 0 Å². The highest BCUT2D eigenvalue weighted by atomic mass is 79.9. The van der Waals surface area contributed by atoms with E-state index < -0.39 is 0 Å². The first kappa shape index (κ1) is 13.6. The van der Waals surface area contributed by atoms with Gasteiger partial charge in [0, 0.05) is 14.4 Å². The van der Waals surface area contributed by atoms with Gasteiger partial charge in [-0.15, -0.1) is 11.3 Å². The normalized spacial score (nSPS) is 12.8. The first-order chi connectivity index (χ1) is 7.97. The first-order valence-corrected chi connectivity index (χ1v) is 7.73. The average molecular weight is 396 g/mol. The maximum Gasteiger partial charge on any atom is 0.0731 e. The Morgan fingerprint density at radius 3 is 2.47 bits per heavy atom. The molecule has 0 bridgehead atoms. The summed E-state index contributed by atoms with van der Waals surface area (Å²) >= 11 is 14.6. The largest absolute Gasteiger partial charge is 0.320 e. The summed E-state index contributed by atoms with van der Waals surface area (Å²) in [6, 6.07) is 7.72. The maximum atomic E-state index is 6.25. The lowest BCUT2D eigenvalue weighted by Crippen LogP contribution is -2.10. The Hall–Kier alpha value is 0.130. The second kappa shape index (κ2) is 5.41. The van der Waals surface area contributed by atoms with Gasteiger partial charge in [-0.25, -0.2) is 0 Å². The molecule has 2 N–H and O–H groups in total. The van der Waals surface area contributed by atoms with Crippen LogP contribution < -0.4 is 5.73 Å². The van der Waals surface area contributed by atoms with E-state index in [2.05, 4.69) is 44.8 Å². The molecule has 1 nitrogen and oxygen atoms in total. The van der Waals surface area contributed by atoms with Crippen LogP contribution in [0.2, 0.25) is 5.02 Å². The van der Waals surface area contributed by atoms with Gasteiger partial charge >= 0.3 is 0 Å². The monoisotopic (exact) mass is 393 g/mol. The van der Waals surface area contributed by atoms with Crippen molar-refractivity contribution >= 4 is 54.8 Å². The van der Waals surface area contributed by atoms with E-state index in [1.807, 2.05) is 18.2 Å². The summed E-state index contributed by atoms with van der Waals surface area (Å²) in [5.41, 5.74) is 8.47. The van der Waals surface area contributed by atoms with E-state index in [4.69, 9.17) is 17.3 Å². The van der Waals surface area contributed by atoms with Gasteiger partial charge in [-0.05, 0) is 58.2 Å². The third-order valence-corrected chi connectivity index (χ3v) is 5.32. The highest BCUT2D eigenvalue weighted by molar-refractivity contribution is 9.11. The van der Waals surface area contributed by atoms with E-state index in [0.29, 0.717) is 5.02 Å². The highest BCUT2D eigenvalue weighted by Gasteiger charge is 2.14. The highest BCUT2D eigenvalue weighted by Crippen LogP contribution is 2.34. The van der Waals surface area contributed by atoms with E-state index in [1.165, 1.54) is 5.56 Å². The topological polar surface area (TPSA) is 26.0 Å². The van der Waals surface area contributed by atoms with Crippen molar-refractivity contribution in [3.05, 3.63) is 53.6 Å². The molecule has 1 unspecified atom stereocenters. The standard InChI is InChI=1S/C12H10Br2ClNS/c1-6-2-10(17-12(6)14)11(16)7-3-8(13)5-9(15)4-7/h2-5,11H,16H2,1H3. The predicted octanol–water partition coefficient (Wildman–Crippen LogP) is 5.28. The van der Waals surface area contributed by atoms with Crippen LogP contribution in [0.25, 0.3) is 0 Å². The molecule has 0 saturated carbocycles. The molecule has 0 aliphatic rings. The van der Waals surface area contributed by atoms with E-state index >= 15 is 0 Å². The molecular formula is C12H10Br2ClNS. The quantitative estimate of drug-likeness (QED) is 0.735. The van der Waals surface area contributed by atoms with Crippen molar-refractivity contribution in [1.82, 2.24) is 0 Å². The Morgan fingerprint density at radius 1 is 1.24 bits per heavy atom. The molecule has 0 aliphatic carbocycles. The number of benzene rings is 1. The number of hydrogen-bond donors (Lipinski definition) is 1. The van der Waals surface area contributed by atoms with Crippen LogP contribution in [-0.2, 0) is 0 Å². The van der Waals surface area contributed by atoms with Crippen LogP contribution in [0.4, 0.5) is 0 Å². The van der Waals surface area contributed by atoms with Crippen molar-refractivity contribution in [1.29, 1.82) is 0 Å². The fourth-order valence-corrected chi connectivity index (χ4v) is 4.04. The second-order valence-corrected chi connectivity index (χ2v) is 7.54. The Labute approximate surface area is 126 Å². The molecule has 0 radical (unpaired) electrons. The van der Waals surface area contributed by atoms with Crippen LogP contribution in [0, 0.1) is 6.92 Å². The van der Waals surface area contributed by atoms with Crippen molar-refractivity contribution in [2.75, 3.05) is 0 Å². The number of halogens is 3. The molecule has 17 heavy (non-hydrogen) atoms. The van der Waals surface area contributed by atoms with Gasteiger partial charge < -0.3 is 5.73 Å². The zero-order valence-corrected chi connectivity index (χ0v) is 13.8. The molecule has 2 rings (SSSR count). The molecule has 1 aromatic heterocycles. The van der Waals surface area contributed by atoms with Crippen LogP contribution >= 0.6 is 54.8 Å². The van der Waals surface area contributed by atoms with Crippen LogP contribution in [0.15, 0.2) is 32.5 Å². The third-order valence-electron chi connectivity index (χ3n) is 2.43. The first-order valence-electron chi connectivity index (χ1n) is 4.95. The Kier molecular flexibility index (Phi) is 4.31. The lowest BCUT2D eigenvalue weighted by Gasteiger charge is -2.11. The van der Waals surface area contributed by atoms with E-state index in [1.54, 1.807) is 11.3 Å². The van der Waals surface area contributed by atoms with Crippen molar-refractivity contribution in [2.24, 2.45) is 5.73 Å². The van der Waals surface area contributed by atoms with Crippen LogP contribution in [0.3, 0.4) is 0 Å². The summed E-state index contributed by atoms with van der Waals surface area (Å²) in [6.45, 7) is 2.06. The molecule has 0 saturated heterocycles. The van der Waals surface area contributed by atoms with Crippen molar-refractivity contribution < 1.29 is 0 Å². The van der Waals surface area contributed by atoms with Crippen LogP contribution in [0.1, 0.15) is 22.0 Å². The van der Waals surface area contributed by atoms with E-state index in [0.717, 1.165) is 18.7 Å². The minimum atomic E-state index is -0.139. The molecule has 0 amide bonds. The number of nitrogens with two attached hydrogens (primary N) is 1. The molecule has 90 valence electrons. The Balaban J connectivity index is 2.39. The maximum absolute atomic E-state index is 6.25. The fraction of sp³-hybridized carbons (Fsp3) is 0.167. The second-order valence-electron chi connectivity index (χ2n) is 3.79. The zero-order chi connectivity index (χ0) is 12.6. The van der Waals surface area contributed by atoms with Gasteiger partial charge in [0.25, 0.3) is 0 Å². The summed E-state index contributed by atoms with van der Waals surface area (Å²) in [5.74, 6) is 0. The van der Waals surface area contributed by atoms with E-state index in [9.17, 15) is 0 Å². The number of hydrogen-bond acceptors (Lipinski definition) is 2. The molecular weight excluding hydrogens is 385 g/mol. The summed E-state index contributed by atoms with van der Waals surface area (Å²) in [5, 5.41) is 0.692. The molecule has 0 spiro atoms. The predicted molar refractivity (Wildman–Crippen MR) is 81.9 cm³/mol. The molecule has 1 heterocycles. The van der Waals surface area contributed by atoms with Gasteiger partial charge in [-0.3, -0.25) is 0 Å². The van der Waals surface area contributed by atoms with E-state index in [-0.39, 0.29) is 6.04 Å². The molecule has 0 fully saturated rings. The molecule has 2 aromatic rings. The van der Waals surface area contributed by atoms with Gasteiger partial charge in [0.1, 0.15) is 0 Å². The molecule has 1 atom stereocenters. The number of rotatable bonds is 2. The van der Waals surface area contributed by atoms with Crippen molar-refractivity contribution in [3.63, 3.8) is 0 Å². The summed E-state index contributed by atoms with van der Waals surface area (Å²) in [4.78, 5) is 1.13. The Morgan fingerprint density at radius 2 is 1.94 bits per heavy atom. The minimum Gasteiger partial charge on any atom is -0.320 e. The molecule has 5 heteroatoms. The van der Waals surface area contributed by atoms with Crippen LogP contribution in [-0.4, -0.2) is 0 Å². The summed E-state index contributed by atoms with van der Waals surface area (Å²) < 4.78 is 2.08. The smallest absolute Gasteiger partial charge is 0.0731 e. The summed E-state index contributed by atoms with van der Waals surface area (Å²) in [7, 11) is 0. The van der Waals surface area contributed by atoms with Crippen LogP contribution in [0.5, 0.6) is 0 Å². The molecule has 0 aliphatic heterocycles. The summed E-state index contributed by atoms with van der Waals surface area (Å²) in [6.07, 6.45) is 0. The molecule has 1 aromatic carbocycles. The SMILES string of the molecule is Cc1cc(C(N)c2cc(Cl)cc(Br)c2)sc1Br. The average Bonchev–Trinajstić information content (AvgIpc) is 2.57. The number of thiophene rings is 1. The van der Waals surface area contributed by atoms with Crippen molar-refractivity contribution in [2.45, 2.75) is 13.0 Å². The van der Waals surface area contributed by atoms with Gasteiger partial charge in [0.05, 0.1) is 9.83 Å². The zero-order valence-electron chi connectivity index (χ0n) is 9.01. The Bertz CT molecular complexity index is 514. The van der Waals surface area contributed by atoms with Gasteiger partial charge in [0.2, 0.25) is 0 Å². The lowest BCUT2D eigenvalue weighted by molar-refractivity contribution is 0.891. The van der Waals surface area contributed by atoms with Gasteiger partial charge in [-0.2, -0.15) is 0 Å². The van der Waals surface area contributed by atoms with Crippen molar-refractivity contribution in [3.8, 4) is 0 Å². The third kappa shape index (κ3) is 3.12. The fourth-order valence-electron chi connectivity index (χ4n) is 1.56. The lowest BCUT2D eigenvalue weighted by atomic mass is 10.1.